The Bertz CT molecular complexity index is 1210. The number of ether oxygens (including phenoxy) is 2. The highest BCUT2D eigenvalue weighted by atomic mass is 16.5. The molecule has 2 fully saturated rings. The summed E-state index contributed by atoms with van der Waals surface area (Å²) in [6.07, 6.45) is 3.26. The zero-order valence-electron chi connectivity index (χ0n) is 23.0. The first-order chi connectivity index (χ1) is 18.9. The first-order valence-electron chi connectivity index (χ1n) is 14.1. The summed E-state index contributed by atoms with van der Waals surface area (Å²) in [5.41, 5.74) is 3.32. The number of hydrogen-bond acceptors (Lipinski definition) is 7. The van der Waals surface area contributed by atoms with Crippen LogP contribution in [0.15, 0.2) is 24.3 Å². The molecule has 0 saturated carbocycles. The number of benzene rings is 1. The van der Waals surface area contributed by atoms with Crippen molar-refractivity contribution in [2.24, 2.45) is 11.3 Å². The van der Waals surface area contributed by atoms with Crippen LogP contribution in [0.5, 0.6) is 0 Å². The predicted molar refractivity (Wildman–Crippen MR) is 145 cm³/mol. The van der Waals surface area contributed by atoms with Crippen molar-refractivity contribution in [3.63, 3.8) is 0 Å². The Morgan fingerprint density at radius 1 is 1.18 bits per heavy atom. The average Bonchev–Trinajstić information content (AvgIpc) is 3.24. The zero-order chi connectivity index (χ0) is 27.4. The summed E-state index contributed by atoms with van der Waals surface area (Å²) in [7, 11) is 0. The second-order valence-electron chi connectivity index (χ2n) is 11.1. The molecule has 3 aliphatic heterocycles. The van der Waals surface area contributed by atoms with Crippen LogP contribution in [-0.4, -0.2) is 85.0 Å². The van der Waals surface area contributed by atoms with Crippen molar-refractivity contribution < 1.29 is 23.9 Å². The smallest absolute Gasteiger partial charge is 0.338 e. The monoisotopic (exact) mass is 537 g/mol. The lowest BCUT2D eigenvalue weighted by Crippen LogP contribution is -2.46. The van der Waals surface area contributed by atoms with Crippen LogP contribution >= 0.6 is 0 Å². The van der Waals surface area contributed by atoms with Gasteiger partial charge >= 0.3 is 5.97 Å². The molecule has 1 aromatic heterocycles. The number of rotatable bonds is 7. The fraction of sp³-hybridized carbons (Fsp3) is 0.586. The topological polar surface area (TPSA) is 115 Å². The predicted octanol–water partition coefficient (Wildman–Crippen LogP) is 2.07. The third-order valence-electron chi connectivity index (χ3n) is 8.14. The molecule has 5 rings (SSSR count). The van der Waals surface area contributed by atoms with Gasteiger partial charge in [0.05, 0.1) is 29.1 Å². The highest BCUT2D eigenvalue weighted by molar-refractivity contribution is 5.98. The van der Waals surface area contributed by atoms with E-state index in [2.05, 4.69) is 10.6 Å². The lowest BCUT2D eigenvalue weighted by atomic mass is 9.76. The van der Waals surface area contributed by atoms with Crippen LogP contribution in [0.3, 0.4) is 0 Å². The number of carbonyl (C=O) groups excluding carboxylic acids is 3. The van der Waals surface area contributed by atoms with E-state index in [1.54, 1.807) is 29.2 Å². The molecule has 1 atom stereocenters. The maximum atomic E-state index is 13.1. The van der Waals surface area contributed by atoms with Gasteiger partial charge in [-0.05, 0) is 49.3 Å². The number of aryl methyl sites for hydroxylation is 1. The van der Waals surface area contributed by atoms with Crippen molar-refractivity contribution in [2.45, 2.75) is 46.1 Å². The fourth-order valence-corrected chi connectivity index (χ4v) is 5.80. The SMILES string of the molecule is CCc1nn(CC(C)COC(=O)c2cccc(C(=O)N3CCNCC3)c2)c2c1C(=O)NCC1(CCOCC1)C2. The minimum Gasteiger partial charge on any atom is -0.462 e. The van der Waals surface area contributed by atoms with E-state index in [4.69, 9.17) is 14.6 Å². The van der Waals surface area contributed by atoms with E-state index in [1.807, 2.05) is 18.5 Å². The molecule has 0 bridgehead atoms. The first kappa shape index (κ1) is 27.3. The van der Waals surface area contributed by atoms with Gasteiger partial charge in [0.2, 0.25) is 0 Å². The Hall–Kier alpha value is -3.24. The third kappa shape index (κ3) is 6.01. The molecule has 2 amide bonds. The van der Waals surface area contributed by atoms with E-state index in [0.717, 1.165) is 43.7 Å². The number of nitrogens with one attached hydrogen (secondary N) is 2. The Morgan fingerprint density at radius 2 is 1.92 bits per heavy atom. The number of hydrogen-bond donors (Lipinski definition) is 2. The maximum Gasteiger partial charge on any atom is 0.338 e. The number of carbonyl (C=O) groups is 3. The second-order valence-corrected chi connectivity index (χ2v) is 11.1. The van der Waals surface area contributed by atoms with Gasteiger partial charge in [0.25, 0.3) is 11.8 Å². The van der Waals surface area contributed by atoms with Crippen LogP contribution in [0.1, 0.15) is 69.2 Å². The van der Waals surface area contributed by atoms with Crippen LogP contribution in [0.4, 0.5) is 0 Å². The summed E-state index contributed by atoms with van der Waals surface area (Å²) in [6, 6.07) is 6.75. The summed E-state index contributed by atoms with van der Waals surface area (Å²) >= 11 is 0. The molecule has 0 radical (unpaired) electrons. The van der Waals surface area contributed by atoms with Crippen LogP contribution in [0.2, 0.25) is 0 Å². The van der Waals surface area contributed by atoms with Crippen LogP contribution in [0.25, 0.3) is 0 Å². The molecule has 2 saturated heterocycles. The molecule has 10 nitrogen and oxygen atoms in total. The third-order valence-corrected chi connectivity index (χ3v) is 8.14. The number of aromatic nitrogens is 2. The van der Waals surface area contributed by atoms with Gasteiger partial charge in [0.1, 0.15) is 0 Å². The van der Waals surface area contributed by atoms with Crippen molar-refractivity contribution in [3.05, 3.63) is 52.3 Å². The van der Waals surface area contributed by atoms with Gasteiger partial charge in [-0.25, -0.2) is 4.79 Å². The summed E-state index contributed by atoms with van der Waals surface area (Å²) in [4.78, 5) is 40.6. The van der Waals surface area contributed by atoms with Crippen LogP contribution in [0, 0.1) is 11.3 Å². The highest BCUT2D eigenvalue weighted by Gasteiger charge is 2.39. The van der Waals surface area contributed by atoms with Crippen LogP contribution < -0.4 is 10.6 Å². The fourth-order valence-electron chi connectivity index (χ4n) is 5.80. The number of piperazine rings is 1. The molecule has 210 valence electrons. The largest absolute Gasteiger partial charge is 0.462 e. The molecule has 39 heavy (non-hydrogen) atoms. The molecule has 10 heteroatoms. The summed E-state index contributed by atoms with van der Waals surface area (Å²) in [5, 5.41) is 11.2. The van der Waals surface area contributed by atoms with Crippen LogP contribution in [-0.2, 0) is 28.9 Å². The van der Waals surface area contributed by atoms with Gasteiger partial charge in [0, 0.05) is 64.0 Å². The second kappa shape index (κ2) is 11.9. The van der Waals surface area contributed by atoms with Crippen molar-refractivity contribution in [3.8, 4) is 0 Å². The summed E-state index contributed by atoms with van der Waals surface area (Å²) in [6.45, 7) is 9.66. The average molecular weight is 538 g/mol. The molecule has 1 spiro atoms. The first-order valence-corrected chi connectivity index (χ1v) is 14.1. The van der Waals surface area contributed by atoms with E-state index in [1.165, 1.54) is 0 Å². The van der Waals surface area contributed by atoms with Gasteiger partial charge < -0.3 is 25.0 Å². The Balaban J connectivity index is 1.25. The van der Waals surface area contributed by atoms with E-state index < -0.39 is 5.97 Å². The number of amides is 2. The van der Waals surface area contributed by atoms with Gasteiger partial charge in [-0.1, -0.05) is 19.9 Å². The van der Waals surface area contributed by atoms with Gasteiger partial charge in [-0.2, -0.15) is 5.10 Å². The number of esters is 1. The number of nitrogens with zero attached hydrogens (tertiary/aromatic N) is 3. The zero-order valence-corrected chi connectivity index (χ0v) is 23.0. The molecule has 4 heterocycles. The quantitative estimate of drug-likeness (QED) is 0.520. The Kier molecular flexibility index (Phi) is 8.32. The molecule has 1 unspecified atom stereocenters. The molecule has 0 aliphatic carbocycles. The Labute approximate surface area is 229 Å². The molecular weight excluding hydrogens is 498 g/mol. The minimum absolute atomic E-state index is 0.0229. The van der Waals surface area contributed by atoms with Crippen molar-refractivity contribution in [1.82, 2.24) is 25.3 Å². The van der Waals surface area contributed by atoms with Crippen molar-refractivity contribution in [2.75, 3.05) is 52.5 Å². The van der Waals surface area contributed by atoms with E-state index in [9.17, 15) is 14.4 Å². The van der Waals surface area contributed by atoms with Gasteiger partial charge in [-0.3, -0.25) is 14.3 Å². The highest BCUT2D eigenvalue weighted by Crippen LogP contribution is 2.37. The normalized spacial score (nSPS) is 19.6. The van der Waals surface area contributed by atoms with E-state index in [0.29, 0.717) is 62.5 Å². The lowest BCUT2D eigenvalue weighted by Gasteiger charge is -2.36. The van der Waals surface area contributed by atoms with Gasteiger partial charge in [0.15, 0.2) is 0 Å². The molecule has 3 aliphatic rings. The standard InChI is InChI=1S/C29H39N5O5/c1-3-23-25-24(16-29(19-31-26(25)35)7-13-38-14-8-29)34(32-23)17-20(2)18-39-28(37)22-6-4-5-21(15-22)27(36)33-11-9-30-10-12-33/h4-6,15,20,30H,3,7-14,16-19H2,1-2H3,(H,31,35). The molecule has 1 aromatic carbocycles. The van der Waals surface area contributed by atoms with Crippen molar-refractivity contribution >= 4 is 17.8 Å². The minimum atomic E-state index is -0.453. The Morgan fingerprint density at radius 3 is 2.67 bits per heavy atom. The summed E-state index contributed by atoms with van der Waals surface area (Å²) in [5.74, 6) is -0.598. The summed E-state index contributed by atoms with van der Waals surface area (Å²) < 4.78 is 13.2. The van der Waals surface area contributed by atoms with E-state index in [-0.39, 0.29) is 29.8 Å². The lowest BCUT2D eigenvalue weighted by molar-refractivity contribution is 0.0151. The van der Waals surface area contributed by atoms with Crippen molar-refractivity contribution in [1.29, 1.82) is 0 Å². The van der Waals surface area contributed by atoms with E-state index >= 15 is 0 Å². The van der Waals surface area contributed by atoms with Gasteiger partial charge in [-0.15, -0.1) is 0 Å². The number of fused-ring (bicyclic) bond motifs is 1. The molecule has 2 N–H and O–H groups in total. The maximum absolute atomic E-state index is 13.1. The molecular formula is C29H39N5O5. The molecule has 2 aromatic rings.